The molecule has 2 N–H and O–H groups in total. The van der Waals surface area contributed by atoms with Crippen molar-refractivity contribution < 1.29 is 24.2 Å². The van der Waals surface area contributed by atoms with Gasteiger partial charge in [0.25, 0.3) is 0 Å². The summed E-state index contributed by atoms with van der Waals surface area (Å²) in [5.74, 6) is -2.83. The SMILES string of the molecule is Cc1c(C(=O)O)cc(C(=O)O)cc1-c1ccc(F)cc1. The molecule has 0 aromatic heterocycles. The fourth-order valence-corrected chi connectivity index (χ4v) is 1.99. The second kappa shape index (κ2) is 5.13. The van der Waals surface area contributed by atoms with Crippen LogP contribution < -0.4 is 0 Å². The second-order valence-electron chi connectivity index (χ2n) is 4.31. The van der Waals surface area contributed by atoms with Gasteiger partial charge < -0.3 is 10.2 Å². The van der Waals surface area contributed by atoms with Gasteiger partial charge in [-0.15, -0.1) is 0 Å². The van der Waals surface area contributed by atoms with E-state index < -0.39 is 17.8 Å². The molecule has 2 aromatic carbocycles. The van der Waals surface area contributed by atoms with Crippen molar-refractivity contribution in [2.24, 2.45) is 0 Å². The molecule has 0 atom stereocenters. The van der Waals surface area contributed by atoms with Crippen molar-refractivity contribution in [3.63, 3.8) is 0 Å². The molecule has 20 heavy (non-hydrogen) atoms. The summed E-state index contributed by atoms with van der Waals surface area (Å²) in [4.78, 5) is 22.3. The van der Waals surface area contributed by atoms with Crippen LogP contribution in [0.25, 0.3) is 11.1 Å². The monoisotopic (exact) mass is 274 g/mol. The van der Waals surface area contributed by atoms with E-state index in [0.717, 1.165) is 6.07 Å². The molecule has 0 aliphatic carbocycles. The quantitative estimate of drug-likeness (QED) is 0.901. The first kappa shape index (κ1) is 13.7. The molecule has 2 aromatic rings. The minimum absolute atomic E-state index is 0.0794. The summed E-state index contributed by atoms with van der Waals surface area (Å²) >= 11 is 0. The summed E-state index contributed by atoms with van der Waals surface area (Å²) in [5, 5.41) is 18.2. The maximum atomic E-state index is 12.9. The van der Waals surface area contributed by atoms with Crippen molar-refractivity contribution in [1.82, 2.24) is 0 Å². The van der Waals surface area contributed by atoms with E-state index in [9.17, 15) is 14.0 Å². The van der Waals surface area contributed by atoms with Gasteiger partial charge in [-0.2, -0.15) is 0 Å². The van der Waals surface area contributed by atoms with E-state index in [0.29, 0.717) is 16.7 Å². The summed E-state index contributed by atoms with van der Waals surface area (Å²) in [6.07, 6.45) is 0. The number of halogens is 1. The molecule has 5 heteroatoms. The van der Waals surface area contributed by atoms with Crippen LogP contribution in [-0.4, -0.2) is 22.2 Å². The lowest BCUT2D eigenvalue weighted by Crippen LogP contribution is -2.06. The van der Waals surface area contributed by atoms with E-state index in [1.165, 1.54) is 30.3 Å². The molecule has 102 valence electrons. The van der Waals surface area contributed by atoms with Crippen molar-refractivity contribution in [3.05, 3.63) is 58.9 Å². The molecule has 0 fully saturated rings. The fourth-order valence-electron chi connectivity index (χ4n) is 1.99. The molecule has 0 bridgehead atoms. The molecule has 4 nitrogen and oxygen atoms in total. The number of hydrogen-bond acceptors (Lipinski definition) is 2. The molecule has 2 rings (SSSR count). The Hall–Kier alpha value is -2.69. The third-order valence-electron chi connectivity index (χ3n) is 3.04. The lowest BCUT2D eigenvalue weighted by Gasteiger charge is -2.11. The zero-order valence-corrected chi connectivity index (χ0v) is 10.6. The van der Waals surface area contributed by atoms with Gasteiger partial charge in [0.2, 0.25) is 0 Å². The Morgan fingerprint density at radius 3 is 2.10 bits per heavy atom. The van der Waals surface area contributed by atoms with E-state index >= 15 is 0 Å². The first-order valence-electron chi connectivity index (χ1n) is 5.77. The van der Waals surface area contributed by atoms with Crippen LogP contribution >= 0.6 is 0 Å². The number of benzene rings is 2. The standard InChI is InChI=1S/C15H11FO4/c1-8-12(9-2-4-11(16)5-3-9)6-10(14(17)18)7-13(8)15(19)20/h2-7H,1H3,(H,17,18)(H,19,20). The number of carbonyl (C=O) groups is 2. The molecule has 0 aliphatic heterocycles. The van der Waals surface area contributed by atoms with Crippen LogP contribution in [-0.2, 0) is 0 Å². The van der Waals surface area contributed by atoms with Crippen LogP contribution in [0.1, 0.15) is 26.3 Å². The van der Waals surface area contributed by atoms with E-state index in [1.807, 2.05) is 0 Å². The fraction of sp³-hybridized carbons (Fsp3) is 0.0667. The number of carboxylic acids is 2. The minimum atomic E-state index is -1.21. The average Bonchev–Trinajstić information content (AvgIpc) is 2.39. The Kier molecular flexibility index (Phi) is 3.52. The number of hydrogen-bond donors (Lipinski definition) is 2. The summed E-state index contributed by atoms with van der Waals surface area (Å²) < 4.78 is 12.9. The van der Waals surface area contributed by atoms with Crippen LogP contribution in [0.4, 0.5) is 4.39 Å². The Balaban J connectivity index is 2.71. The molecule has 0 amide bonds. The Bertz CT molecular complexity index is 690. The Labute approximate surface area is 114 Å². The highest BCUT2D eigenvalue weighted by Gasteiger charge is 2.16. The first-order valence-corrected chi connectivity index (χ1v) is 5.77. The van der Waals surface area contributed by atoms with Gasteiger partial charge in [0.15, 0.2) is 0 Å². The third-order valence-corrected chi connectivity index (χ3v) is 3.04. The van der Waals surface area contributed by atoms with Gasteiger partial charge >= 0.3 is 11.9 Å². The van der Waals surface area contributed by atoms with Crippen molar-refractivity contribution in [2.75, 3.05) is 0 Å². The normalized spacial score (nSPS) is 10.3. The van der Waals surface area contributed by atoms with Gasteiger partial charge in [0.1, 0.15) is 5.82 Å². The van der Waals surface area contributed by atoms with Gasteiger partial charge in [0, 0.05) is 0 Å². The van der Waals surface area contributed by atoms with Crippen LogP contribution in [0.2, 0.25) is 0 Å². The Morgan fingerprint density at radius 1 is 1.00 bits per heavy atom. The summed E-state index contributed by atoms with van der Waals surface area (Å²) in [5.41, 5.74) is 1.27. The Morgan fingerprint density at radius 2 is 1.60 bits per heavy atom. The maximum Gasteiger partial charge on any atom is 0.335 e. The van der Waals surface area contributed by atoms with Gasteiger partial charge in [-0.3, -0.25) is 0 Å². The molecule has 0 spiro atoms. The zero-order chi connectivity index (χ0) is 14.9. The van der Waals surface area contributed by atoms with Gasteiger partial charge in [-0.25, -0.2) is 14.0 Å². The van der Waals surface area contributed by atoms with Crippen molar-refractivity contribution >= 4 is 11.9 Å². The summed E-state index contributed by atoms with van der Waals surface area (Å²) in [6.45, 7) is 1.59. The summed E-state index contributed by atoms with van der Waals surface area (Å²) in [6, 6.07) is 7.94. The molecule has 0 heterocycles. The van der Waals surface area contributed by atoms with Crippen molar-refractivity contribution in [2.45, 2.75) is 6.92 Å². The minimum Gasteiger partial charge on any atom is -0.478 e. The van der Waals surface area contributed by atoms with Gasteiger partial charge in [0.05, 0.1) is 11.1 Å². The van der Waals surface area contributed by atoms with E-state index in [-0.39, 0.29) is 11.1 Å². The molecule has 0 saturated heterocycles. The smallest absolute Gasteiger partial charge is 0.335 e. The average molecular weight is 274 g/mol. The maximum absolute atomic E-state index is 12.9. The van der Waals surface area contributed by atoms with E-state index in [1.54, 1.807) is 6.92 Å². The molecule has 0 radical (unpaired) electrons. The predicted molar refractivity (Wildman–Crippen MR) is 70.5 cm³/mol. The van der Waals surface area contributed by atoms with Gasteiger partial charge in [-0.1, -0.05) is 12.1 Å². The third kappa shape index (κ3) is 2.51. The van der Waals surface area contributed by atoms with Crippen LogP contribution in [0.3, 0.4) is 0 Å². The highest BCUT2D eigenvalue weighted by atomic mass is 19.1. The summed E-state index contributed by atoms with van der Waals surface area (Å²) in [7, 11) is 0. The highest BCUT2D eigenvalue weighted by Crippen LogP contribution is 2.28. The van der Waals surface area contributed by atoms with E-state index in [2.05, 4.69) is 0 Å². The number of rotatable bonds is 3. The van der Waals surface area contributed by atoms with Gasteiger partial charge in [-0.05, 0) is 47.9 Å². The zero-order valence-electron chi connectivity index (χ0n) is 10.6. The first-order chi connectivity index (χ1) is 9.40. The highest BCUT2D eigenvalue weighted by molar-refractivity contribution is 5.97. The number of carboxylic acid groups (broad SMARTS) is 2. The molecule has 0 unspecified atom stereocenters. The topological polar surface area (TPSA) is 74.6 Å². The number of aromatic carboxylic acids is 2. The molecule has 0 aliphatic rings. The lowest BCUT2D eigenvalue weighted by atomic mass is 9.93. The van der Waals surface area contributed by atoms with Crippen molar-refractivity contribution in [3.8, 4) is 11.1 Å². The molecular weight excluding hydrogens is 263 g/mol. The van der Waals surface area contributed by atoms with Crippen LogP contribution in [0.5, 0.6) is 0 Å². The largest absolute Gasteiger partial charge is 0.478 e. The van der Waals surface area contributed by atoms with Crippen LogP contribution in [0, 0.1) is 12.7 Å². The lowest BCUT2D eigenvalue weighted by molar-refractivity contribution is 0.0695. The molecule has 0 saturated carbocycles. The second-order valence-corrected chi connectivity index (χ2v) is 4.31. The molecular formula is C15H11FO4. The van der Waals surface area contributed by atoms with E-state index in [4.69, 9.17) is 10.2 Å². The van der Waals surface area contributed by atoms with Crippen molar-refractivity contribution in [1.29, 1.82) is 0 Å². The van der Waals surface area contributed by atoms with Crippen LogP contribution in [0.15, 0.2) is 36.4 Å². The predicted octanol–water partition coefficient (Wildman–Crippen LogP) is 3.20.